The molecule has 1 heterocycles. The molecule has 4 nitrogen and oxygen atoms in total. The summed E-state index contributed by atoms with van der Waals surface area (Å²) in [5.74, 6) is 0. The maximum absolute atomic E-state index is 11.6. The second kappa shape index (κ2) is 5.34. The van der Waals surface area contributed by atoms with Gasteiger partial charge in [0.1, 0.15) is 12.8 Å². The van der Waals surface area contributed by atoms with Gasteiger partial charge in [0, 0.05) is 5.56 Å². The molecular weight excluding hydrogens is 192 g/mol. The van der Waals surface area contributed by atoms with Crippen LogP contribution in [0.3, 0.4) is 0 Å². The molecule has 0 aromatic carbocycles. The Morgan fingerprint density at radius 3 is 2.80 bits per heavy atom. The van der Waals surface area contributed by atoms with Crippen molar-refractivity contribution in [1.82, 2.24) is 4.98 Å². The van der Waals surface area contributed by atoms with Crippen LogP contribution in [0.4, 0.5) is 0 Å². The van der Waals surface area contributed by atoms with Crippen molar-refractivity contribution >= 4 is 5.71 Å². The van der Waals surface area contributed by atoms with Crippen molar-refractivity contribution in [2.75, 3.05) is 7.11 Å². The fourth-order valence-corrected chi connectivity index (χ4v) is 1.37. The van der Waals surface area contributed by atoms with E-state index in [2.05, 4.69) is 15.0 Å². The molecule has 0 radical (unpaired) electrons. The molecule has 0 unspecified atom stereocenters. The first-order valence-corrected chi connectivity index (χ1v) is 4.99. The number of aryl methyl sites for hydroxylation is 1. The number of hydrogen-bond donors (Lipinski definition) is 1. The van der Waals surface area contributed by atoms with Crippen molar-refractivity contribution in [3.8, 4) is 0 Å². The molecule has 0 bridgehead atoms. The number of oxime groups is 1. The summed E-state index contributed by atoms with van der Waals surface area (Å²) in [6, 6.07) is 3.69. The average Bonchev–Trinajstić information content (AvgIpc) is 2.21. The fourth-order valence-electron chi connectivity index (χ4n) is 1.37. The maximum Gasteiger partial charge on any atom is 0.251 e. The van der Waals surface area contributed by atoms with Gasteiger partial charge in [-0.3, -0.25) is 4.79 Å². The average molecular weight is 208 g/mol. The van der Waals surface area contributed by atoms with Gasteiger partial charge in [0.15, 0.2) is 0 Å². The van der Waals surface area contributed by atoms with Crippen LogP contribution in [0.1, 0.15) is 31.5 Å². The van der Waals surface area contributed by atoms with Gasteiger partial charge in [-0.1, -0.05) is 24.6 Å². The van der Waals surface area contributed by atoms with Crippen molar-refractivity contribution in [2.24, 2.45) is 5.16 Å². The van der Waals surface area contributed by atoms with Gasteiger partial charge in [0.25, 0.3) is 5.56 Å². The number of pyridine rings is 1. The first kappa shape index (κ1) is 11.5. The second-order valence-electron chi connectivity index (χ2n) is 3.34. The van der Waals surface area contributed by atoms with Crippen LogP contribution >= 0.6 is 0 Å². The summed E-state index contributed by atoms with van der Waals surface area (Å²) in [6.45, 7) is 3.83. The summed E-state index contributed by atoms with van der Waals surface area (Å²) < 4.78 is 0. The molecule has 1 aromatic rings. The van der Waals surface area contributed by atoms with Gasteiger partial charge in [0.2, 0.25) is 0 Å². The SMILES string of the molecule is CCCc1ccc(/C(C)=N/OC)[nH]c1=O. The molecule has 4 heteroatoms. The van der Waals surface area contributed by atoms with Crippen molar-refractivity contribution in [3.63, 3.8) is 0 Å². The van der Waals surface area contributed by atoms with Crippen LogP contribution in [0.2, 0.25) is 0 Å². The molecule has 0 aliphatic carbocycles. The highest BCUT2D eigenvalue weighted by atomic mass is 16.6. The van der Waals surface area contributed by atoms with Crippen molar-refractivity contribution in [3.05, 3.63) is 33.7 Å². The molecule has 1 rings (SSSR count). The molecule has 1 N–H and O–H groups in total. The molecule has 0 amide bonds. The number of H-pyrrole nitrogens is 1. The number of rotatable bonds is 4. The van der Waals surface area contributed by atoms with Gasteiger partial charge in [-0.05, 0) is 19.4 Å². The first-order chi connectivity index (χ1) is 7.19. The number of hydrogen-bond acceptors (Lipinski definition) is 3. The largest absolute Gasteiger partial charge is 0.399 e. The molecule has 1 aromatic heterocycles. The van der Waals surface area contributed by atoms with E-state index in [4.69, 9.17) is 0 Å². The minimum Gasteiger partial charge on any atom is -0.399 e. The van der Waals surface area contributed by atoms with E-state index in [-0.39, 0.29) is 5.56 Å². The quantitative estimate of drug-likeness (QED) is 0.604. The molecular formula is C11H16N2O2. The summed E-state index contributed by atoms with van der Waals surface area (Å²) in [6.07, 6.45) is 1.77. The van der Waals surface area contributed by atoms with E-state index in [9.17, 15) is 4.79 Å². The van der Waals surface area contributed by atoms with E-state index in [0.29, 0.717) is 11.4 Å². The van der Waals surface area contributed by atoms with Crippen molar-refractivity contribution < 1.29 is 4.84 Å². The summed E-state index contributed by atoms with van der Waals surface area (Å²) in [5.41, 5.74) is 2.13. The Morgan fingerprint density at radius 1 is 1.53 bits per heavy atom. The molecule has 0 aliphatic rings. The third kappa shape index (κ3) is 2.94. The van der Waals surface area contributed by atoms with Crippen molar-refractivity contribution in [1.29, 1.82) is 0 Å². The molecule has 0 spiro atoms. The summed E-state index contributed by atoms with van der Waals surface area (Å²) in [4.78, 5) is 19.0. The van der Waals surface area contributed by atoms with Crippen LogP contribution in [0, 0.1) is 0 Å². The minimum absolute atomic E-state index is 0.0417. The van der Waals surface area contributed by atoms with Crippen LogP contribution in [-0.2, 0) is 11.3 Å². The number of aromatic nitrogens is 1. The molecule has 0 saturated heterocycles. The zero-order chi connectivity index (χ0) is 11.3. The van der Waals surface area contributed by atoms with Crippen LogP contribution in [0.15, 0.2) is 22.1 Å². The lowest BCUT2D eigenvalue weighted by molar-refractivity contribution is 0.213. The number of aromatic amines is 1. The summed E-state index contributed by atoms with van der Waals surface area (Å²) >= 11 is 0. The smallest absolute Gasteiger partial charge is 0.251 e. The zero-order valence-corrected chi connectivity index (χ0v) is 9.33. The Labute approximate surface area is 89.0 Å². The second-order valence-corrected chi connectivity index (χ2v) is 3.34. The Bertz CT molecular complexity index is 407. The third-order valence-electron chi connectivity index (χ3n) is 2.13. The molecule has 82 valence electrons. The Hall–Kier alpha value is -1.58. The minimum atomic E-state index is -0.0417. The van der Waals surface area contributed by atoms with E-state index < -0.39 is 0 Å². The van der Waals surface area contributed by atoms with Crippen LogP contribution in [0.5, 0.6) is 0 Å². The molecule has 15 heavy (non-hydrogen) atoms. The molecule has 0 saturated carbocycles. The molecule has 0 aliphatic heterocycles. The monoisotopic (exact) mass is 208 g/mol. The van der Waals surface area contributed by atoms with E-state index in [1.807, 2.05) is 19.1 Å². The highest BCUT2D eigenvalue weighted by Gasteiger charge is 2.02. The number of nitrogens with zero attached hydrogens (tertiary/aromatic N) is 1. The van der Waals surface area contributed by atoms with Gasteiger partial charge in [0.05, 0.1) is 5.69 Å². The predicted octanol–water partition coefficient (Wildman–Crippen LogP) is 1.70. The van der Waals surface area contributed by atoms with Crippen molar-refractivity contribution in [2.45, 2.75) is 26.7 Å². The lowest BCUT2D eigenvalue weighted by Gasteiger charge is -2.02. The highest BCUT2D eigenvalue weighted by molar-refractivity contribution is 5.96. The molecule has 0 fully saturated rings. The van der Waals surface area contributed by atoms with Gasteiger partial charge in [-0.25, -0.2) is 0 Å². The molecule has 0 atom stereocenters. The van der Waals surface area contributed by atoms with Crippen LogP contribution < -0.4 is 5.56 Å². The van der Waals surface area contributed by atoms with E-state index >= 15 is 0 Å². The zero-order valence-electron chi connectivity index (χ0n) is 9.33. The number of nitrogens with one attached hydrogen (secondary N) is 1. The van der Waals surface area contributed by atoms with E-state index in [1.165, 1.54) is 7.11 Å². The first-order valence-electron chi connectivity index (χ1n) is 4.99. The normalized spacial score (nSPS) is 11.5. The van der Waals surface area contributed by atoms with Gasteiger partial charge in [-0.15, -0.1) is 0 Å². The maximum atomic E-state index is 11.6. The summed E-state index contributed by atoms with van der Waals surface area (Å²) in [5, 5.41) is 3.76. The van der Waals surface area contributed by atoms with Gasteiger partial charge < -0.3 is 9.82 Å². The van der Waals surface area contributed by atoms with Crippen LogP contribution in [0.25, 0.3) is 0 Å². The van der Waals surface area contributed by atoms with E-state index in [1.54, 1.807) is 6.92 Å². The third-order valence-corrected chi connectivity index (χ3v) is 2.13. The topological polar surface area (TPSA) is 54.4 Å². The lowest BCUT2D eigenvalue weighted by atomic mass is 10.1. The summed E-state index contributed by atoms with van der Waals surface area (Å²) in [7, 11) is 1.48. The predicted molar refractivity (Wildman–Crippen MR) is 60.3 cm³/mol. The van der Waals surface area contributed by atoms with E-state index in [0.717, 1.165) is 18.4 Å². The standard InChI is InChI=1S/C11H16N2O2/c1-4-5-9-6-7-10(12-11(9)14)8(2)13-15-3/h6-7H,4-5H2,1-3H3,(H,12,14)/b13-8+. The Balaban J connectivity index is 3.01. The Kier molecular flexibility index (Phi) is 4.09. The fraction of sp³-hybridized carbons (Fsp3) is 0.455. The van der Waals surface area contributed by atoms with Crippen LogP contribution in [-0.4, -0.2) is 17.8 Å². The van der Waals surface area contributed by atoms with Gasteiger partial charge >= 0.3 is 0 Å². The highest BCUT2D eigenvalue weighted by Crippen LogP contribution is 2.00. The van der Waals surface area contributed by atoms with Gasteiger partial charge in [-0.2, -0.15) is 0 Å². The lowest BCUT2D eigenvalue weighted by Crippen LogP contribution is -2.16. The Morgan fingerprint density at radius 2 is 2.27 bits per heavy atom.